The van der Waals surface area contributed by atoms with Crippen molar-refractivity contribution < 1.29 is 14.7 Å². The third-order valence-corrected chi connectivity index (χ3v) is 4.60. The van der Waals surface area contributed by atoms with Gasteiger partial charge < -0.3 is 10.4 Å². The van der Waals surface area contributed by atoms with E-state index in [9.17, 15) is 14.7 Å². The summed E-state index contributed by atoms with van der Waals surface area (Å²) in [5.74, 6) is -0.933. The van der Waals surface area contributed by atoms with Crippen molar-refractivity contribution in [2.45, 2.75) is 77.4 Å². The molecule has 1 aliphatic rings. The molecule has 0 saturated carbocycles. The van der Waals surface area contributed by atoms with Crippen LogP contribution in [0.3, 0.4) is 0 Å². The molecular formula is C15H28N2O3. The first-order valence-electron chi connectivity index (χ1n) is 7.46. The molecule has 0 aromatic carbocycles. The molecule has 2 unspecified atom stereocenters. The van der Waals surface area contributed by atoms with Gasteiger partial charge in [-0.2, -0.15) is 0 Å². The third-order valence-electron chi connectivity index (χ3n) is 4.60. The summed E-state index contributed by atoms with van der Waals surface area (Å²) in [4.78, 5) is 25.8. The SMILES string of the molecule is CCC(C)(C)NC(=O)C(C)N1CCCCC1(C)C(=O)O. The summed E-state index contributed by atoms with van der Waals surface area (Å²) in [6.07, 6.45) is 3.27. The maximum Gasteiger partial charge on any atom is 0.323 e. The van der Waals surface area contributed by atoms with Crippen LogP contribution in [0.25, 0.3) is 0 Å². The van der Waals surface area contributed by atoms with Crippen LogP contribution in [0.15, 0.2) is 0 Å². The maximum absolute atomic E-state index is 12.4. The summed E-state index contributed by atoms with van der Waals surface area (Å²) in [7, 11) is 0. The van der Waals surface area contributed by atoms with E-state index in [0.29, 0.717) is 13.0 Å². The van der Waals surface area contributed by atoms with Gasteiger partial charge in [0.15, 0.2) is 0 Å². The van der Waals surface area contributed by atoms with E-state index in [1.807, 2.05) is 25.7 Å². The van der Waals surface area contributed by atoms with Gasteiger partial charge in [0, 0.05) is 12.1 Å². The number of nitrogens with zero attached hydrogens (tertiary/aromatic N) is 1. The van der Waals surface area contributed by atoms with Gasteiger partial charge in [0.1, 0.15) is 5.54 Å². The zero-order valence-electron chi connectivity index (χ0n) is 13.3. The molecule has 5 heteroatoms. The minimum absolute atomic E-state index is 0.0915. The number of amides is 1. The fourth-order valence-corrected chi connectivity index (χ4v) is 2.66. The number of nitrogens with one attached hydrogen (secondary N) is 1. The van der Waals surface area contributed by atoms with E-state index in [-0.39, 0.29) is 11.4 Å². The fourth-order valence-electron chi connectivity index (χ4n) is 2.66. The molecule has 1 aliphatic heterocycles. The summed E-state index contributed by atoms with van der Waals surface area (Å²) in [5.41, 5.74) is -1.20. The zero-order chi connectivity index (χ0) is 15.6. The van der Waals surface area contributed by atoms with Crippen molar-refractivity contribution in [3.05, 3.63) is 0 Å². The minimum Gasteiger partial charge on any atom is -0.480 e. The lowest BCUT2D eigenvalue weighted by molar-refractivity contribution is -0.156. The normalized spacial score (nSPS) is 26.1. The Morgan fingerprint density at radius 1 is 1.40 bits per heavy atom. The van der Waals surface area contributed by atoms with Crippen molar-refractivity contribution in [2.75, 3.05) is 6.54 Å². The minimum atomic E-state index is -0.939. The summed E-state index contributed by atoms with van der Waals surface area (Å²) in [6.45, 7) is 10.2. The highest BCUT2D eigenvalue weighted by molar-refractivity contribution is 5.84. The number of likely N-dealkylation sites (tertiary alicyclic amines) is 1. The van der Waals surface area contributed by atoms with Crippen molar-refractivity contribution in [1.82, 2.24) is 10.2 Å². The Kier molecular flexibility index (Phi) is 5.19. The molecule has 2 atom stereocenters. The number of hydrogen-bond donors (Lipinski definition) is 2. The predicted molar refractivity (Wildman–Crippen MR) is 78.6 cm³/mol. The van der Waals surface area contributed by atoms with Crippen molar-refractivity contribution >= 4 is 11.9 Å². The number of carboxylic acids is 1. The molecule has 0 aliphatic carbocycles. The molecule has 0 aromatic rings. The first-order chi connectivity index (χ1) is 9.14. The number of hydrogen-bond acceptors (Lipinski definition) is 3. The van der Waals surface area contributed by atoms with Crippen LogP contribution in [0, 0.1) is 0 Å². The molecule has 0 aromatic heterocycles. The molecule has 20 heavy (non-hydrogen) atoms. The lowest BCUT2D eigenvalue weighted by Crippen LogP contribution is -2.62. The Morgan fingerprint density at radius 2 is 2.00 bits per heavy atom. The Bertz CT molecular complexity index is 381. The van der Waals surface area contributed by atoms with Crippen LogP contribution in [0.2, 0.25) is 0 Å². The maximum atomic E-state index is 12.4. The molecule has 1 rings (SSSR count). The van der Waals surface area contributed by atoms with Gasteiger partial charge in [0.2, 0.25) is 5.91 Å². The van der Waals surface area contributed by atoms with E-state index >= 15 is 0 Å². The quantitative estimate of drug-likeness (QED) is 0.810. The van der Waals surface area contributed by atoms with Crippen LogP contribution in [0.1, 0.15) is 60.3 Å². The van der Waals surface area contributed by atoms with Crippen molar-refractivity contribution in [3.63, 3.8) is 0 Å². The van der Waals surface area contributed by atoms with Crippen LogP contribution < -0.4 is 5.32 Å². The second-order valence-electron chi connectivity index (χ2n) is 6.63. The average molecular weight is 284 g/mol. The molecule has 1 amide bonds. The highest BCUT2D eigenvalue weighted by atomic mass is 16.4. The van der Waals surface area contributed by atoms with Gasteiger partial charge in [0.25, 0.3) is 0 Å². The standard InChI is InChI=1S/C15H28N2O3/c1-6-14(3,4)16-12(18)11(2)17-10-8-7-9-15(17,5)13(19)20/h11H,6-10H2,1-5H3,(H,16,18)(H,19,20). The molecule has 1 heterocycles. The van der Waals surface area contributed by atoms with Crippen LogP contribution in [-0.2, 0) is 9.59 Å². The summed E-state index contributed by atoms with van der Waals surface area (Å²) in [6, 6.07) is -0.428. The van der Waals surface area contributed by atoms with Gasteiger partial charge in [-0.25, -0.2) is 0 Å². The molecule has 0 radical (unpaired) electrons. The van der Waals surface area contributed by atoms with Crippen molar-refractivity contribution in [3.8, 4) is 0 Å². The van der Waals surface area contributed by atoms with Crippen LogP contribution >= 0.6 is 0 Å². The van der Waals surface area contributed by atoms with E-state index < -0.39 is 17.6 Å². The van der Waals surface area contributed by atoms with E-state index in [0.717, 1.165) is 19.3 Å². The molecule has 0 bridgehead atoms. The summed E-state index contributed by atoms with van der Waals surface area (Å²) >= 11 is 0. The summed E-state index contributed by atoms with van der Waals surface area (Å²) in [5, 5.41) is 12.5. The van der Waals surface area contributed by atoms with Gasteiger partial charge in [-0.15, -0.1) is 0 Å². The Morgan fingerprint density at radius 3 is 2.50 bits per heavy atom. The van der Waals surface area contributed by atoms with Gasteiger partial charge >= 0.3 is 5.97 Å². The smallest absolute Gasteiger partial charge is 0.323 e. The zero-order valence-corrected chi connectivity index (χ0v) is 13.3. The lowest BCUT2D eigenvalue weighted by Gasteiger charge is -2.45. The lowest BCUT2D eigenvalue weighted by atomic mass is 9.87. The van der Waals surface area contributed by atoms with Gasteiger partial charge in [-0.05, 0) is 53.4 Å². The topological polar surface area (TPSA) is 69.6 Å². The van der Waals surface area contributed by atoms with Crippen LogP contribution in [-0.4, -0.2) is 45.5 Å². The third kappa shape index (κ3) is 3.51. The average Bonchev–Trinajstić information content (AvgIpc) is 2.37. The monoisotopic (exact) mass is 284 g/mol. The van der Waals surface area contributed by atoms with E-state index in [1.54, 1.807) is 13.8 Å². The number of aliphatic carboxylic acids is 1. The van der Waals surface area contributed by atoms with Crippen molar-refractivity contribution in [2.24, 2.45) is 0 Å². The number of rotatable bonds is 5. The highest BCUT2D eigenvalue weighted by Crippen LogP contribution is 2.30. The predicted octanol–water partition coefficient (Wildman–Crippen LogP) is 2.01. The molecular weight excluding hydrogens is 256 g/mol. The highest BCUT2D eigenvalue weighted by Gasteiger charge is 2.45. The molecule has 116 valence electrons. The molecule has 1 fully saturated rings. The Balaban J connectivity index is 2.85. The van der Waals surface area contributed by atoms with Crippen molar-refractivity contribution in [1.29, 1.82) is 0 Å². The molecule has 0 spiro atoms. The van der Waals surface area contributed by atoms with Crippen LogP contribution in [0.4, 0.5) is 0 Å². The molecule has 1 saturated heterocycles. The Hall–Kier alpha value is -1.10. The van der Waals surface area contributed by atoms with Gasteiger partial charge in [-0.3, -0.25) is 14.5 Å². The van der Waals surface area contributed by atoms with E-state index in [1.165, 1.54) is 0 Å². The van der Waals surface area contributed by atoms with E-state index in [2.05, 4.69) is 5.32 Å². The number of piperidine rings is 1. The largest absolute Gasteiger partial charge is 0.480 e. The molecule has 2 N–H and O–H groups in total. The van der Waals surface area contributed by atoms with Crippen LogP contribution in [0.5, 0.6) is 0 Å². The number of carboxylic acid groups (broad SMARTS) is 1. The first kappa shape index (κ1) is 17.0. The first-order valence-corrected chi connectivity index (χ1v) is 7.46. The number of carbonyl (C=O) groups excluding carboxylic acids is 1. The van der Waals surface area contributed by atoms with Gasteiger partial charge in [-0.1, -0.05) is 6.92 Å². The van der Waals surface area contributed by atoms with Gasteiger partial charge in [0.05, 0.1) is 6.04 Å². The fraction of sp³-hybridized carbons (Fsp3) is 0.867. The molecule has 5 nitrogen and oxygen atoms in total. The van der Waals surface area contributed by atoms with E-state index in [4.69, 9.17) is 0 Å². The second-order valence-corrected chi connectivity index (χ2v) is 6.63. The number of carbonyl (C=O) groups is 2. The summed E-state index contributed by atoms with van der Waals surface area (Å²) < 4.78 is 0. The Labute approximate surface area is 121 Å². The second kappa shape index (κ2) is 6.12.